The van der Waals surface area contributed by atoms with Crippen molar-refractivity contribution in [2.24, 2.45) is 11.3 Å². The maximum atomic E-state index is 11.5. The third-order valence-corrected chi connectivity index (χ3v) is 5.74. The summed E-state index contributed by atoms with van der Waals surface area (Å²) in [5.41, 5.74) is -0.414. The first-order chi connectivity index (χ1) is 5.39. The Hall–Kier alpha value is 0.430. The van der Waals surface area contributed by atoms with Gasteiger partial charge in [0.2, 0.25) is 0 Å². The minimum atomic E-state index is -0.414. The molecule has 0 aromatic rings. The summed E-state index contributed by atoms with van der Waals surface area (Å²) in [6.45, 7) is 6.18. The molecule has 1 fully saturated rings. The molecule has 0 amide bonds. The molecule has 0 aromatic heterocycles. The quantitative estimate of drug-likeness (QED) is 0.579. The summed E-state index contributed by atoms with van der Waals surface area (Å²) in [6, 6.07) is 0. The Kier molecular flexibility index (Phi) is 2.61. The van der Waals surface area contributed by atoms with Crippen LogP contribution in [0.1, 0.15) is 20.8 Å². The minimum Gasteiger partial charge on any atom is -0.465 e. The molecule has 2 atom stereocenters. The van der Waals surface area contributed by atoms with Gasteiger partial charge in [-0.2, -0.15) is 0 Å². The Morgan fingerprint density at radius 3 is 2.25 bits per heavy atom. The Bertz CT molecular complexity index is 215. The molecule has 0 bridgehead atoms. The smallest absolute Gasteiger partial charge is 0.314 e. The molecule has 70 valence electrons. The third kappa shape index (κ3) is 1.15. The average molecular weight is 300 g/mol. The molecular formula is C8H12Br2O2. The molecule has 2 unspecified atom stereocenters. The lowest BCUT2D eigenvalue weighted by atomic mass is 10.1. The van der Waals surface area contributed by atoms with E-state index in [-0.39, 0.29) is 15.1 Å². The summed E-state index contributed by atoms with van der Waals surface area (Å²) < 4.78 is 4.71. The van der Waals surface area contributed by atoms with E-state index in [9.17, 15) is 4.79 Å². The van der Waals surface area contributed by atoms with E-state index in [4.69, 9.17) is 4.74 Å². The molecule has 0 N–H and O–H groups in total. The van der Waals surface area contributed by atoms with Crippen molar-refractivity contribution < 1.29 is 9.53 Å². The third-order valence-electron chi connectivity index (χ3n) is 2.72. The van der Waals surface area contributed by atoms with Crippen LogP contribution in [-0.2, 0) is 9.53 Å². The Morgan fingerprint density at radius 2 is 2.00 bits per heavy atom. The lowest BCUT2D eigenvalue weighted by Gasteiger charge is -2.10. The fraction of sp³-hybridized carbons (Fsp3) is 0.875. The fourth-order valence-corrected chi connectivity index (χ4v) is 3.03. The van der Waals surface area contributed by atoms with Gasteiger partial charge in [-0.3, -0.25) is 4.79 Å². The highest BCUT2D eigenvalue weighted by Crippen LogP contribution is 2.71. The van der Waals surface area contributed by atoms with Crippen LogP contribution in [0.5, 0.6) is 0 Å². The molecule has 0 aromatic carbocycles. The van der Waals surface area contributed by atoms with Gasteiger partial charge in [0.1, 0.15) is 3.23 Å². The number of carbonyl (C=O) groups is 1. The van der Waals surface area contributed by atoms with Gasteiger partial charge in [0.15, 0.2) is 0 Å². The average Bonchev–Trinajstić information content (AvgIpc) is 2.37. The van der Waals surface area contributed by atoms with E-state index in [0.717, 1.165) is 0 Å². The molecular weight excluding hydrogens is 288 g/mol. The van der Waals surface area contributed by atoms with Gasteiger partial charge in [0.05, 0.1) is 12.0 Å². The van der Waals surface area contributed by atoms with E-state index in [2.05, 4.69) is 31.9 Å². The largest absolute Gasteiger partial charge is 0.465 e. The van der Waals surface area contributed by atoms with Crippen molar-refractivity contribution >= 4 is 37.8 Å². The van der Waals surface area contributed by atoms with E-state index in [1.165, 1.54) is 0 Å². The van der Waals surface area contributed by atoms with Crippen LogP contribution in [0, 0.1) is 11.3 Å². The van der Waals surface area contributed by atoms with Gasteiger partial charge >= 0.3 is 5.97 Å². The number of ether oxygens (including phenoxy) is 1. The molecule has 0 heterocycles. The fourth-order valence-electron chi connectivity index (χ4n) is 1.33. The number of hydrogen-bond acceptors (Lipinski definition) is 2. The number of rotatable bonds is 2. The summed E-state index contributed by atoms with van der Waals surface area (Å²) in [5, 5.41) is 0. The molecule has 1 aliphatic rings. The van der Waals surface area contributed by atoms with Crippen molar-refractivity contribution in [2.45, 2.75) is 24.0 Å². The number of alkyl halides is 2. The van der Waals surface area contributed by atoms with Crippen LogP contribution in [0.25, 0.3) is 0 Å². The van der Waals surface area contributed by atoms with Crippen LogP contribution in [0.3, 0.4) is 0 Å². The molecule has 0 saturated heterocycles. The Labute approximate surface area is 89.3 Å². The molecule has 2 nitrogen and oxygen atoms in total. The van der Waals surface area contributed by atoms with Gasteiger partial charge in [-0.25, -0.2) is 0 Å². The maximum Gasteiger partial charge on any atom is 0.314 e. The zero-order valence-corrected chi connectivity index (χ0v) is 10.5. The normalized spacial score (nSPS) is 37.6. The lowest BCUT2D eigenvalue weighted by Crippen LogP contribution is -2.21. The summed E-state index contributed by atoms with van der Waals surface area (Å²) in [4.78, 5) is 11.5. The molecule has 0 aliphatic heterocycles. The predicted octanol–water partition coefficient (Wildman–Crippen LogP) is 2.69. The zero-order valence-electron chi connectivity index (χ0n) is 7.36. The van der Waals surface area contributed by atoms with Crippen LogP contribution in [0.2, 0.25) is 0 Å². The van der Waals surface area contributed by atoms with Gasteiger partial charge in [-0.05, 0) is 13.8 Å². The van der Waals surface area contributed by atoms with Gasteiger partial charge in [-0.1, -0.05) is 38.8 Å². The van der Waals surface area contributed by atoms with Crippen molar-refractivity contribution in [2.75, 3.05) is 6.61 Å². The monoisotopic (exact) mass is 298 g/mol. The van der Waals surface area contributed by atoms with Crippen molar-refractivity contribution in [3.63, 3.8) is 0 Å². The summed E-state index contributed by atoms with van der Waals surface area (Å²) >= 11 is 6.92. The molecule has 0 radical (unpaired) electrons. The van der Waals surface area contributed by atoms with Crippen molar-refractivity contribution in [3.8, 4) is 0 Å². The van der Waals surface area contributed by atoms with Crippen molar-refractivity contribution in [3.05, 3.63) is 0 Å². The second kappa shape index (κ2) is 2.98. The van der Waals surface area contributed by atoms with Gasteiger partial charge in [0.25, 0.3) is 0 Å². The van der Waals surface area contributed by atoms with Crippen LogP contribution in [-0.4, -0.2) is 15.8 Å². The zero-order chi connectivity index (χ0) is 9.57. The van der Waals surface area contributed by atoms with Crippen LogP contribution in [0.15, 0.2) is 0 Å². The molecule has 0 spiro atoms. The Balaban J connectivity index is 2.71. The Morgan fingerprint density at radius 1 is 1.58 bits per heavy atom. The molecule has 4 heteroatoms. The van der Waals surface area contributed by atoms with E-state index in [0.29, 0.717) is 6.61 Å². The van der Waals surface area contributed by atoms with Crippen molar-refractivity contribution in [1.29, 1.82) is 0 Å². The number of esters is 1. The summed E-state index contributed by atoms with van der Waals surface area (Å²) in [5.74, 6) is 0.135. The molecule has 12 heavy (non-hydrogen) atoms. The summed E-state index contributed by atoms with van der Waals surface area (Å²) in [6.07, 6.45) is 0. The number of carbonyl (C=O) groups excluding carboxylic acids is 1. The first-order valence-corrected chi connectivity index (χ1v) is 5.52. The molecule has 1 aliphatic carbocycles. The van der Waals surface area contributed by atoms with Crippen LogP contribution in [0.4, 0.5) is 0 Å². The first kappa shape index (κ1) is 10.5. The van der Waals surface area contributed by atoms with Gasteiger partial charge in [0, 0.05) is 5.92 Å². The second-order valence-electron chi connectivity index (χ2n) is 3.27. The van der Waals surface area contributed by atoms with Gasteiger partial charge < -0.3 is 4.74 Å². The molecule has 1 saturated carbocycles. The van der Waals surface area contributed by atoms with E-state index in [1.807, 2.05) is 20.8 Å². The van der Waals surface area contributed by atoms with Gasteiger partial charge in [-0.15, -0.1) is 0 Å². The lowest BCUT2D eigenvalue weighted by molar-refractivity contribution is -0.149. The van der Waals surface area contributed by atoms with E-state index in [1.54, 1.807) is 0 Å². The number of halogens is 2. The highest BCUT2D eigenvalue weighted by Gasteiger charge is 2.74. The first-order valence-electron chi connectivity index (χ1n) is 3.94. The molecule has 1 rings (SSSR count). The SMILES string of the molecule is CCOC(=O)C1(C)C(C)C1(Br)Br. The highest BCUT2D eigenvalue weighted by molar-refractivity contribution is 9.25. The topological polar surface area (TPSA) is 26.3 Å². The number of hydrogen-bond donors (Lipinski definition) is 0. The minimum absolute atomic E-state index is 0.133. The predicted molar refractivity (Wildman–Crippen MR) is 54.5 cm³/mol. The maximum absolute atomic E-state index is 11.5. The van der Waals surface area contributed by atoms with Crippen LogP contribution < -0.4 is 0 Å². The summed E-state index contributed by atoms with van der Waals surface area (Å²) in [7, 11) is 0. The highest BCUT2D eigenvalue weighted by atomic mass is 79.9. The van der Waals surface area contributed by atoms with Crippen LogP contribution >= 0.6 is 31.9 Å². The second-order valence-corrected chi connectivity index (χ2v) is 6.83. The standard InChI is InChI=1S/C8H12Br2O2/c1-4-12-6(11)7(3)5(2)8(7,9)10/h5H,4H2,1-3H3. The van der Waals surface area contributed by atoms with E-state index >= 15 is 0 Å². The van der Waals surface area contributed by atoms with E-state index < -0.39 is 5.41 Å². The van der Waals surface area contributed by atoms with Crippen molar-refractivity contribution in [1.82, 2.24) is 0 Å².